The molecular formula is C20H22N2O3S. The summed E-state index contributed by atoms with van der Waals surface area (Å²) in [5, 5.41) is 0. The second-order valence-corrected chi connectivity index (χ2v) is 6.83. The molecule has 0 aromatic heterocycles. The molecule has 1 fully saturated rings. The average Bonchev–Trinajstić information content (AvgIpc) is 2.72. The lowest BCUT2D eigenvalue weighted by Crippen LogP contribution is -2.49. The van der Waals surface area contributed by atoms with Gasteiger partial charge in [0.2, 0.25) is 0 Å². The van der Waals surface area contributed by atoms with E-state index in [1.807, 2.05) is 36.6 Å². The maximum Gasteiger partial charge on any atom is 0.339 e. The van der Waals surface area contributed by atoms with Crippen molar-refractivity contribution >= 4 is 29.3 Å². The van der Waals surface area contributed by atoms with Crippen LogP contribution in [-0.4, -0.2) is 55.8 Å². The number of carbonyl (C=O) groups excluding carboxylic acids is 2. The van der Waals surface area contributed by atoms with E-state index in [-0.39, 0.29) is 12.5 Å². The van der Waals surface area contributed by atoms with Crippen molar-refractivity contribution < 1.29 is 14.3 Å². The molecule has 0 atom stereocenters. The first kappa shape index (κ1) is 18.3. The number of nitrogens with zero attached hydrogens (tertiary/aromatic N) is 2. The molecule has 0 saturated carbocycles. The van der Waals surface area contributed by atoms with Gasteiger partial charge in [-0.25, -0.2) is 4.79 Å². The van der Waals surface area contributed by atoms with Gasteiger partial charge in [-0.3, -0.25) is 4.79 Å². The summed E-state index contributed by atoms with van der Waals surface area (Å²) in [6.45, 7) is 2.60. The Labute approximate surface area is 157 Å². The van der Waals surface area contributed by atoms with E-state index in [1.165, 1.54) is 17.4 Å². The van der Waals surface area contributed by atoms with E-state index in [0.717, 1.165) is 18.0 Å². The maximum atomic E-state index is 12.4. The molecule has 3 rings (SSSR count). The van der Waals surface area contributed by atoms with Crippen molar-refractivity contribution in [1.82, 2.24) is 4.90 Å². The fraction of sp³-hybridized carbons (Fsp3) is 0.300. The van der Waals surface area contributed by atoms with Gasteiger partial charge in [0, 0.05) is 36.8 Å². The van der Waals surface area contributed by atoms with Gasteiger partial charge >= 0.3 is 5.97 Å². The number of piperazine rings is 1. The number of esters is 1. The molecule has 0 bridgehead atoms. The minimum Gasteiger partial charge on any atom is -0.452 e. The number of carbonyl (C=O) groups is 2. The van der Waals surface area contributed by atoms with Crippen molar-refractivity contribution in [1.29, 1.82) is 0 Å². The largest absolute Gasteiger partial charge is 0.452 e. The number of benzene rings is 2. The topological polar surface area (TPSA) is 49.9 Å². The van der Waals surface area contributed by atoms with Crippen LogP contribution in [0.2, 0.25) is 0 Å². The summed E-state index contributed by atoms with van der Waals surface area (Å²) in [7, 11) is 0. The Kier molecular flexibility index (Phi) is 6.17. The Balaban J connectivity index is 1.49. The van der Waals surface area contributed by atoms with Gasteiger partial charge in [-0.15, -0.1) is 11.8 Å². The Hall–Kier alpha value is -2.47. The van der Waals surface area contributed by atoms with Gasteiger partial charge in [-0.05, 0) is 30.5 Å². The number of thioether (sulfide) groups is 1. The van der Waals surface area contributed by atoms with Gasteiger partial charge < -0.3 is 14.5 Å². The van der Waals surface area contributed by atoms with Crippen LogP contribution in [0.4, 0.5) is 5.69 Å². The molecular weight excluding hydrogens is 348 g/mol. The van der Waals surface area contributed by atoms with E-state index in [0.29, 0.717) is 18.7 Å². The van der Waals surface area contributed by atoms with Crippen molar-refractivity contribution in [2.24, 2.45) is 0 Å². The first-order valence-electron chi connectivity index (χ1n) is 8.57. The zero-order valence-electron chi connectivity index (χ0n) is 14.8. The molecule has 0 N–H and O–H groups in total. The van der Waals surface area contributed by atoms with Crippen molar-refractivity contribution in [3.8, 4) is 0 Å². The molecule has 26 heavy (non-hydrogen) atoms. The lowest BCUT2D eigenvalue weighted by Gasteiger charge is -2.36. The molecule has 1 saturated heterocycles. The zero-order valence-corrected chi connectivity index (χ0v) is 15.6. The molecule has 1 aliphatic heterocycles. The average molecular weight is 370 g/mol. The molecule has 136 valence electrons. The molecule has 1 heterocycles. The zero-order chi connectivity index (χ0) is 18.4. The van der Waals surface area contributed by atoms with Crippen LogP contribution in [0.15, 0.2) is 59.5 Å². The third-order valence-corrected chi connectivity index (χ3v) is 5.20. The molecule has 1 aliphatic rings. The SMILES string of the molecule is CSc1ccccc1C(=O)OCC(=O)N1CCN(c2ccccc2)CC1. The normalized spacial score (nSPS) is 14.2. The Morgan fingerprint density at radius 3 is 2.31 bits per heavy atom. The number of hydrogen-bond acceptors (Lipinski definition) is 5. The first-order chi connectivity index (χ1) is 12.7. The fourth-order valence-corrected chi connectivity index (χ4v) is 3.55. The van der Waals surface area contributed by atoms with Crippen LogP contribution in [0.5, 0.6) is 0 Å². The monoisotopic (exact) mass is 370 g/mol. The van der Waals surface area contributed by atoms with Crippen LogP contribution < -0.4 is 4.90 Å². The summed E-state index contributed by atoms with van der Waals surface area (Å²) in [6, 6.07) is 17.4. The Bertz CT molecular complexity index is 759. The van der Waals surface area contributed by atoms with E-state index in [1.54, 1.807) is 17.0 Å². The molecule has 2 aromatic carbocycles. The van der Waals surface area contributed by atoms with Gasteiger partial charge in [0.15, 0.2) is 6.61 Å². The van der Waals surface area contributed by atoms with Crippen molar-refractivity contribution in [3.05, 3.63) is 60.2 Å². The summed E-state index contributed by atoms with van der Waals surface area (Å²) >= 11 is 1.48. The number of rotatable bonds is 5. The molecule has 0 spiro atoms. The van der Waals surface area contributed by atoms with Gasteiger partial charge in [-0.2, -0.15) is 0 Å². The van der Waals surface area contributed by atoms with Crippen LogP contribution in [0.25, 0.3) is 0 Å². The van der Waals surface area contributed by atoms with E-state index < -0.39 is 5.97 Å². The molecule has 0 radical (unpaired) electrons. The van der Waals surface area contributed by atoms with Crippen LogP contribution >= 0.6 is 11.8 Å². The van der Waals surface area contributed by atoms with Gasteiger partial charge in [0.1, 0.15) is 0 Å². The number of anilines is 1. The maximum absolute atomic E-state index is 12.4. The third kappa shape index (κ3) is 4.38. The number of hydrogen-bond donors (Lipinski definition) is 0. The Morgan fingerprint density at radius 2 is 1.62 bits per heavy atom. The van der Waals surface area contributed by atoms with Gasteiger partial charge in [0.05, 0.1) is 5.56 Å². The summed E-state index contributed by atoms with van der Waals surface area (Å²) < 4.78 is 5.24. The second kappa shape index (κ2) is 8.76. The molecule has 5 nitrogen and oxygen atoms in total. The van der Waals surface area contributed by atoms with E-state index in [2.05, 4.69) is 17.0 Å². The van der Waals surface area contributed by atoms with Crippen molar-refractivity contribution in [3.63, 3.8) is 0 Å². The van der Waals surface area contributed by atoms with Crippen LogP contribution in [0, 0.1) is 0 Å². The minimum atomic E-state index is -0.453. The van der Waals surface area contributed by atoms with Crippen molar-refractivity contribution in [2.75, 3.05) is 43.9 Å². The van der Waals surface area contributed by atoms with Gasteiger partial charge in [0.25, 0.3) is 5.91 Å². The van der Waals surface area contributed by atoms with Crippen LogP contribution in [0.3, 0.4) is 0 Å². The predicted molar refractivity (Wildman–Crippen MR) is 104 cm³/mol. The molecule has 1 amide bonds. The molecule has 0 aliphatic carbocycles. The quantitative estimate of drug-likeness (QED) is 0.598. The number of para-hydroxylation sites is 1. The summed E-state index contributed by atoms with van der Waals surface area (Å²) in [6.07, 6.45) is 1.91. The third-order valence-electron chi connectivity index (χ3n) is 4.41. The lowest BCUT2D eigenvalue weighted by molar-refractivity contribution is -0.134. The lowest BCUT2D eigenvalue weighted by atomic mass is 10.2. The Morgan fingerprint density at radius 1 is 0.962 bits per heavy atom. The summed E-state index contributed by atoms with van der Waals surface area (Å²) in [5.41, 5.74) is 1.67. The van der Waals surface area contributed by atoms with Crippen molar-refractivity contribution in [2.45, 2.75) is 4.90 Å². The van der Waals surface area contributed by atoms with E-state index in [9.17, 15) is 9.59 Å². The van der Waals surface area contributed by atoms with Gasteiger partial charge in [-0.1, -0.05) is 30.3 Å². The second-order valence-electron chi connectivity index (χ2n) is 5.98. The van der Waals surface area contributed by atoms with E-state index >= 15 is 0 Å². The summed E-state index contributed by atoms with van der Waals surface area (Å²) in [5.74, 6) is -0.598. The molecule has 6 heteroatoms. The summed E-state index contributed by atoms with van der Waals surface area (Å²) in [4.78, 5) is 29.5. The highest BCUT2D eigenvalue weighted by Crippen LogP contribution is 2.20. The first-order valence-corrected chi connectivity index (χ1v) is 9.79. The number of amides is 1. The molecule has 2 aromatic rings. The van der Waals surface area contributed by atoms with Crippen LogP contribution in [-0.2, 0) is 9.53 Å². The van der Waals surface area contributed by atoms with E-state index in [4.69, 9.17) is 4.74 Å². The highest BCUT2D eigenvalue weighted by atomic mass is 32.2. The van der Waals surface area contributed by atoms with Crippen LogP contribution in [0.1, 0.15) is 10.4 Å². The smallest absolute Gasteiger partial charge is 0.339 e. The minimum absolute atomic E-state index is 0.146. The highest BCUT2D eigenvalue weighted by molar-refractivity contribution is 7.98. The predicted octanol–water partition coefficient (Wildman–Crippen LogP) is 2.91. The molecule has 0 unspecified atom stereocenters. The number of ether oxygens (including phenoxy) is 1. The highest BCUT2D eigenvalue weighted by Gasteiger charge is 2.22. The standard InChI is InChI=1S/C20H22N2O3S/c1-26-18-10-6-5-9-17(18)20(24)25-15-19(23)22-13-11-21(12-14-22)16-7-3-2-4-8-16/h2-10H,11-15H2,1H3. The fourth-order valence-electron chi connectivity index (χ4n) is 2.96.